The molecule has 0 bridgehead atoms. The Bertz CT molecular complexity index is 460. The van der Waals surface area contributed by atoms with Crippen LogP contribution < -0.4 is 0 Å². The number of carboxylic acids is 1. The average Bonchev–Trinajstić information content (AvgIpc) is 2.84. The van der Waals surface area contributed by atoms with Crippen LogP contribution >= 0.6 is 11.3 Å². The number of hydrogen-bond acceptors (Lipinski definition) is 4. The van der Waals surface area contributed by atoms with Gasteiger partial charge >= 0.3 is 5.97 Å². The molecule has 0 spiro atoms. The molecule has 0 saturated carbocycles. The number of hydrogen-bond donors (Lipinski definition) is 1. The van der Waals surface area contributed by atoms with E-state index in [1.165, 1.54) is 0 Å². The van der Waals surface area contributed by atoms with Crippen molar-refractivity contribution in [3.05, 3.63) is 16.1 Å². The molecule has 2 rings (SSSR count). The second kappa shape index (κ2) is 5.59. The minimum absolute atomic E-state index is 0.204. The van der Waals surface area contributed by atoms with E-state index < -0.39 is 11.4 Å². The zero-order chi connectivity index (χ0) is 14.0. The first-order valence-electron chi connectivity index (χ1n) is 6.88. The normalized spacial score (nSPS) is 26.3. The monoisotopic (exact) mass is 282 g/mol. The molecule has 1 fully saturated rings. The average molecular weight is 282 g/mol. The van der Waals surface area contributed by atoms with E-state index in [-0.39, 0.29) is 6.04 Å². The van der Waals surface area contributed by atoms with Crippen LogP contribution in [-0.2, 0) is 4.79 Å². The lowest BCUT2D eigenvalue weighted by molar-refractivity contribution is -0.153. The second-order valence-electron chi connectivity index (χ2n) is 5.48. The standard InChI is InChI=1S/C14H22N2O2S/c1-4-14(13(17)18)6-5-7-16(9-14)10(2)12-8-19-11(3)15-12/h8,10H,4-7,9H2,1-3H3,(H,17,18). The van der Waals surface area contributed by atoms with Crippen LogP contribution in [0.15, 0.2) is 5.38 Å². The molecular weight excluding hydrogens is 260 g/mol. The summed E-state index contributed by atoms with van der Waals surface area (Å²) in [5, 5.41) is 12.7. The first-order valence-corrected chi connectivity index (χ1v) is 7.76. The molecule has 1 N–H and O–H groups in total. The van der Waals surface area contributed by atoms with Crippen molar-refractivity contribution in [2.75, 3.05) is 13.1 Å². The Kier molecular flexibility index (Phi) is 4.26. The van der Waals surface area contributed by atoms with Gasteiger partial charge in [0, 0.05) is 11.9 Å². The fourth-order valence-corrected chi connectivity index (χ4v) is 3.57. The maximum absolute atomic E-state index is 11.6. The fraction of sp³-hybridized carbons (Fsp3) is 0.714. The van der Waals surface area contributed by atoms with Crippen molar-refractivity contribution in [1.29, 1.82) is 0 Å². The number of rotatable bonds is 4. The summed E-state index contributed by atoms with van der Waals surface area (Å²) < 4.78 is 0. The summed E-state index contributed by atoms with van der Waals surface area (Å²) in [6.07, 6.45) is 2.44. The van der Waals surface area contributed by atoms with Gasteiger partial charge in [-0.05, 0) is 39.7 Å². The number of nitrogens with zero attached hydrogens (tertiary/aromatic N) is 2. The van der Waals surface area contributed by atoms with Crippen molar-refractivity contribution in [2.24, 2.45) is 5.41 Å². The van der Waals surface area contributed by atoms with E-state index in [0.29, 0.717) is 13.0 Å². The molecular formula is C14H22N2O2S. The summed E-state index contributed by atoms with van der Waals surface area (Å²) in [5.74, 6) is -0.652. The van der Waals surface area contributed by atoms with E-state index in [0.717, 1.165) is 30.1 Å². The number of carbonyl (C=O) groups is 1. The van der Waals surface area contributed by atoms with Crippen molar-refractivity contribution in [3.63, 3.8) is 0 Å². The molecule has 5 heteroatoms. The quantitative estimate of drug-likeness (QED) is 0.922. The number of carboxylic acid groups (broad SMARTS) is 1. The third kappa shape index (κ3) is 2.82. The minimum Gasteiger partial charge on any atom is -0.481 e. The molecule has 0 aromatic carbocycles. The maximum Gasteiger partial charge on any atom is 0.310 e. The molecule has 1 aliphatic heterocycles. The second-order valence-corrected chi connectivity index (χ2v) is 6.54. The molecule has 1 aliphatic rings. The Morgan fingerprint density at radius 2 is 2.42 bits per heavy atom. The van der Waals surface area contributed by atoms with E-state index in [1.54, 1.807) is 11.3 Å². The van der Waals surface area contributed by atoms with Gasteiger partial charge in [-0.25, -0.2) is 4.98 Å². The topological polar surface area (TPSA) is 53.4 Å². The van der Waals surface area contributed by atoms with Crippen molar-refractivity contribution >= 4 is 17.3 Å². The van der Waals surface area contributed by atoms with Crippen LogP contribution in [-0.4, -0.2) is 34.0 Å². The van der Waals surface area contributed by atoms with Gasteiger partial charge in [-0.2, -0.15) is 0 Å². The van der Waals surface area contributed by atoms with Crippen LogP contribution in [0, 0.1) is 12.3 Å². The number of thiazole rings is 1. The zero-order valence-electron chi connectivity index (χ0n) is 11.8. The van der Waals surface area contributed by atoms with E-state index in [2.05, 4.69) is 22.2 Å². The molecule has 1 saturated heterocycles. The Labute approximate surface area is 118 Å². The van der Waals surface area contributed by atoms with Gasteiger partial charge in [-0.3, -0.25) is 9.69 Å². The van der Waals surface area contributed by atoms with E-state index in [4.69, 9.17) is 0 Å². The van der Waals surface area contributed by atoms with Crippen LogP contribution in [0.1, 0.15) is 49.9 Å². The van der Waals surface area contributed by atoms with Gasteiger partial charge in [-0.1, -0.05) is 6.92 Å². The van der Waals surface area contributed by atoms with Crippen molar-refractivity contribution in [3.8, 4) is 0 Å². The molecule has 1 aromatic rings. The zero-order valence-corrected chi connectivity index (χ0v) is 12.7. The lowest BCUT2D eigenvalue weighted by Crippen LogP contribution is -2.48. The van der Waals surface area contributed by atoms with Crippen LogP contribution in [0.3, 0.4) is 0 Å². The Morgan fingerprint density at radius 1 is 1.68 bits per heavy atom. The van der Waals surface area contributed by atoms with Gasteiger partial charge < -0.3 is 5.11 Å². The summed E-state index contributed by atoms with van der Waals surface area (Å²) in [4.78, 5) is 18.4. The highest BCUT2D eigenvalue weighted by Crippen LogP contribution is 2.37. The SMILES string of the molecule is CCC1(C(=O)O)CCCN(C(C)c2csc(C)n2)C1. The van der Waals surface area contributed by atoms with E-state index in [9.17, 15) is 9.90 Å². The van der Waals surface area contributed by atoms with E-state index in [1.807, 2.05) is 13.8 Å². The summed E-state index contributed by atoms with van der Waals surface area (Å²) in [7, 11) is 0. The number of likely N-dealkylation sites (tertiary alicyclic amines) is 1. The molecule has 4 nitrogen and oxygen atoms in total. The highest BCUT2D eigenvalue weighted by Gasteiger charge is 2.42. The lowest BCUT2D eigenvalue weighted by atomic mass is 9.77. The summed E-state index contributed by atoms with van der Waals surface area (Å²) in [6.45, 7) is 7.71. The molecule has 1 aromatic heterocycles. The van der Waals surface area contributed by atoms with Crippen molar-refractivity contribution in [1.82, 2.24) is 9.88 Å². The van der Waals surface area contributed by atoms with Crippen LogP contribution in [0.5, 0.6) is 0 Å². The predicted molar refractivity (Wildman–Crippen MR) is 76.4 cm³/mol. The van der Waals surface area contributed by atoms with Gasteiger partial charge in [0.2, 0.25) is 0 Å². The largest absolute Gasteiger partial charge is 0.481 e. The van der Waals surface area contributed by atoms with Crippen LogP contribution in [0.4, 0.5) is 0 Å². The van der Waals surface area contributed by atoms with Gasteiger partial charge in [0.15, 0.2) is 0 Å². The molecule has 2 atom stereocenters. The van der Waals surface area contributed by atoms with Crippen molar-refractivity contribution in [2.45, 2.75) is 46.1 Å². The molecule has 2 unspecified atom stereocenters. The van der Waals surface area contributed by atoms with E-state index >= 15 is 0 Å². The number of aromatic nitrogens is 1. The van der Waals surface area contributed by atoms with Crippen LogP contribution in [0.25, 0.3) is 0 Å². The maximum atomic E-state index is 11.6. The molecule has 2 heterocycles. The summed E-state index contributed by atoms with van der Waals surface area (Å²) in [6, 6.07) is 0.204. The fourth-order valence-electron chi connectivity index (χ4n) is 2.87. The molecule has 106 valence electrons. The third-order valence-corrected chi connectivity index (χ3v) is 5.14. The van der Waals surface area contributed by atoms with Crippen molar-refractivity contribution < 1.29 is 9.90 Å². The molecule has 0 amide bonds. The van der Waals surface area contributed by atoms with Gasteiger partial charge in [0.05, 0.1) is 22.2 Å². The third-order valence-electron chi connectivity index (χ3n) is 4.35. The molecule has 19 heavy (non-hydrogen) atoms. The summed E-state index contributed by atoms with van der Waals surface area (Å²) >= 11 is 1.65. The molecule has 0 radical (unpaired) electrons. The van der Waals surface area contributed by atoms with Crippen LogP contribution in [0.2, 0.25) is 0 Å². The predicted octanol–water partition coefficient (Wildman–Crippen LogP) is 3.09. The number of aliphatic carboxylic acids is 1. The first-order chi connectivity index (χ1) is 8.98. The van der Waals surface area contributed by atoms with Gasteiger partial charge in [0.25, 0.3) is 0 Å². The minimum atomic E-state index is -0.652. The van der Waals surface area contributed by atoms with Gasteiger partial charge in [0.1, 0.15) is 0 Å². The highest BCUT2D eigenvalue weighted by atomic mass is 32.1. The smallest absolute Gasteiger partial charge is 0.310 e. The highest BCUT2D eigenvalue weighted by molar-refractivity contribution is 7.09. The number of piperidine rings is 1. The number of aryl methyl sites for hydroxylation is 1. The summed E-state index contributed by atoms with van der Waals surface area (Å²) in [5.41, 5.74) is 0.497. The first kappa shape index (κ1) is 14.5. The molecule has 0 aliphatic carbocycles. The Balaban J connectivity index is 2.15. The Morgan fingerprint density at radius 3 is 2.95 bits per heavy atom. The Hall–Kier alpha value is -0.940. The van der Waals surface area contributed by atoms with Gasteiger partial charge in [-0.15, -0.1) is 11.3 Å². The lowest BCUT2D eigenvalue weighted by Gasteiger charge is -2.41.